The van der Waals surface area contributed by atoms with Crippen LogP contribution in [-0.2, 0) is 4.74 Å². The highest BCUT2D eigenvalue weighted by molar-refractivity contribution is 5.84. The van der Waals surface area contributed by atoms with Gasteiger partial charge in [0.1, 0.15) is 0 Å². The standard InChI is InChI=1S/C12H11F2N3O4/c1-12(13,14)20-11-16-9(17-21-11)7-3-5-8(6-4-7)15-10(18)19-2/h3-6H,1-2H3,(H,15,18). The van der Waals surface area contributed by atoms with Crippen LogP contribution < -0.4 is 10.1 Å². The predicted molar refractivity (Wildman–Crippen MR) is 67.0 cm³/mol. The molecular formula is C12H11F2N3O4. The van der Waals surface area contributed by atoms with Crippen LogP contribution in [0, 0.1) is 0 Å². The molecule has 21 heavy (non-hydrogen) atoms. The molecular weight excluding hydrogens is 288 g/mol. The van der Waals surface area contributed by atoms with Gasteiger partial charge in [-0.15, -0.1) is 0 Å². The van der Waals surface area contributed by atoms with Crippen molar-refractivity contribution in [2.75, 3.05) is 12.4 Å². The van der Waals surface area contributed by atoms with Crippen molar-refractivity contribution in [1.29, 1.82) is 0 Å². The summed E-state index contributed by atoms with van der Waals surface area (Å²) < 4.78 is 38.4. The number of benzene rings is 1. The average molecular weight is 299 g/mol. The van der Waals surface area contributed by atoms with Gasteiger partial charge in [-0.1, -0.05) is 5.16 Å². The van der Waals surface area contributed by atoms with Crippen LogP contribution in [0.5, 0.6) is 6.08 Å². The predicted octanol–water partition coefficient (Wildman–Crippen LogP) is 2.91. The van der Waals surface area contributed by atoms with Crippen LogP contribution in [-0.4, -0.2) is 29.5 Å². The third-order valence-electron chi connectivity index (χ3n) is 2.25. The second kappa shape index (κ2) is 5.73. The normalized spacial score (nSPS) is 11.0. The number of ether oxygens (including phenoxy) is 2. The molecule has 9 heteroatoms. The van der Waals surface area contributed by atoms with Gasteiger partial charge in [0, 0.05) is 18.2 Å². The minimum absolute atomic E-state index is 0.0823. The highest BCUT2D eigenvalue weighted by atomic mass is 19.3. The molecule has 1 aromatic heterocycles. The maximum Gasteiger partial charge on any atom is 0.422 e. The second-order valence-electron chi connectivity index (χ2n) is 3.99. The molecule has 0 aliphatic rings. The fraction of sp³-hybridized carbons (Fsp3) is 0.250. The zero-order valence-corrected chi connectivity index (χ0v) is 11.1. The van der Waals surface area contributed by atoms with Crippen LogP contribution in [0.3, 0.4) is 0 Å². The first-order valence-corrected chi connectivity index (χ1v) is 5.73. The highest BCUT2D eigenvalue weighted by Crippen LogP contribution is 2.24. The summed E-state index contributed by atoms with van der Waals surface area (Å²) in [5, 5.41) is 5.98. The third kappa shape index (κ3) is 4.13. The summed E-state index contributed by atoms with van der Waals surface area (Å²) in [4.78, 5) is 14.7. The summed E-state index contributed by atoms with van der Waals surface area (Å²) in [5.41, 5.74) is 0.995. The van der Waals surface area contributed by atoms with E-state index in [1.807, 2.05) is 0 Å². The summed E-state index contributed by atoms with van der Waals surface area (Å²) in [5.74, 6) is 0.0823. The van der Waals surface area contributed by atoms with Crippen LogP contribution in [0.1, 0.15) is 6.92 Å². The zero-order chi connectivity index (χ0) is 15.5. The van der Waals surface area contributed by atoms with Crippen LogP contribution in [0.2, 0.25) is 0 Å². The van der Waals surface area contributed by atoms with Crippen LogP contribution >= 0.6 is 0 Å². The molecule has 0 aliphatic carbocycles. The Hall–Kier alpha value is -2.71. The molecule has 1 aromatic carbocycles. The summed E-state index contributed by atoms with van der Waals surface area (Å²) in [6.07, 6.45) is -4.64. The van der Waals surface area contributed by atoms with E-state index in [1.54, 1.807) is 24.3 Å². The van der Waals surface area contributed by atoms with Gasteiger partial charge in [0.25, 0.3) is 0 Å². The van der Waals surface area contributed by atoms with Crippen molar-refractivity contribution < 1.29 is 27.6 Å². The summed E-state index contributed by atoms with van der Waals surface area (Å²) in [6.45, 7) is 0.560. The van der Waals surface area contributed by atoms with Crippen molar-refractivity contribution in [1.82, 2.24) is 10.1 Å². The van der Waals surface area contributed by atoms with Gasteiger partial charge in [-0.05, 0) is 24.3 Å². The van der Waals surface area contributed by atoms with Crippen LogP contribution in [0.15, 0.2) is 28.8 Å². The molecule has 0 bridgehead atoms. The Morgan fingerprint density at radius 3 is 2.57 bits per heavy atom. The molecule has 0 aliphatic heterocycles. The van der Waals surface area contributed by atoms with Gasteiger partial charge in [0.05, 0.1) is 7.11 Å². The van der Waals surface area contributed by atoms with Crippen molar-refractivity contribution in [3.63, 3.8) is 0 Å². The lowest BCUT2D eigenvalue weighted by Crippen LogP contribution is -2.19. The van der Waals surface area contributed by atoms with Gasteiger partial charge < -0.3 is 9.47 Å². The average Bonchev–Trinajstić information content (AvgIpc) is 2.85. The van der Waals surface area contributed by atoms with Gasteiger partial charge in [0.15, 0.2) is 0 Å². The molecule has 0 atom stereocenters. The fourth-order valence-electron chi connectivity index (χ4n) is 1.39. The van der Waals surface area contributed by atoms with E-state index < -0.39 is 18.3 Å². The fourth-order valence-corrected chi connectivity index (χ4v) is 1.39. The van der Waals surface area contributed by atoms with Gasteiger partial charge in [-0.25, -0.2) is 4.79 Å². The quantitative estimate of drug-likeness (QED) is 0.934. The van der Waals surface area contributed by atoms with E-state index in [1.165, 1.54) is 7.11 Å². The number of halogens is 2. The van der Waals surface area contributed by atoms with Crippen molar-refractivity contribution in [3.8, 4) is 17.5 Å². The molecule has 0 radical (unpaired) electrons. The minimum atomic E-state index is -3.40. The number of hydrogen-bond acceptors (Lipinski definition) is 6. The first kappa shape index (κ1) is 14.7. The lowest BCUT2D eigenvalue weighted by atomic mass is 10.2. The van der Waals surface area contributed by atoms with E-state index in [4.69, 9.17) is 0 Å². The number of anilines is 1. The Morgan fingerprint density at radius 1 is 1.33 bits per heavy atom. The number of amides is 1. The summed E-state index contributed by atoms with van der Waals surface area (Å²) >= 11 is 0. The molecule has 0 saturated heterocycles. The first-order valence-electron chi connectivity index (χ1n) is 5.73. The number of hydrogen-bond donors (Lipinski definition) is 1. The molecule has 1 heterocycles. The van der Waals surface area contributed by atoms with Crippen LogP contribution in [0.4, 0.5) is 19.3 Å². The van der Waals surface area contributed by atoms with Crippen LogP contribution in [0.25, 0.3) is 11.4 Å². The molecule has 0 fully saturated rings. The van der Waals surface area contributed by atoms with Gasteiger partial charge in [-0.3, -0.25) is 9.84 Å². The van der Waals surface area contributed by atoms with E-state index in [0.717, 1.165) is 0 Å². The van der Waals surface area contributed by atoms with Crippen molar-refractivity contribution in [2.45, 2.75) is 13.0 Å². The SMILES string of the molecule is COC(=O)Nc1ccc(-c2noc(OC(C)(F)F)n2)cc1. The molecule has 1 amide bonds. The Kier molecular flexibility index (Phi) is 4.01. The number of nitrogens with zero attached hydrogens (tertiary/aromatic N) is 2. The lowest BCUT2D eigenvalue weighted by molar-refractivity contribution is -0.172. The summed E-state index contributed by atoms with van der Waals surface area (Å²) in [6, 6.07) is 6.28. The van der Waals surface area contributed by atoms with E-state index in [0.29, 0.717) is 18.2 Å². The molecule has 0 spiro atoms. The van der Waals surface area contributed by atoms with Gasteiger partial charge in [0.2, 0.25) is 5.82 Å². The number of nitrogens with one attached hydrogen (secondary N) is 1. The maximum atomic E-state index is 12.6. The smallest absolute Gasteiger partial charge is 0.422 e. The molecule has 112 valence electrons. The highest BCUT2D eigenvalue weighted by Gasteiger charge is 2.26. The molecule has 0 unspecified atom stereocenters. The minimum Gasteiger partial charge on any atom is -0.453 e. The number of aromatic nitrogens is 2. The number of carbonyl (C=O) groups is 1. The molecule has 1 N–H and O–H groups in total. The second-order valence-corrected chi connectivity index (χ2v) is 3.99. The number of methoxy groups -OCH3 is 1. The Morgan fingerprint density at radius 2 is 2.00 bits per heavy atom. The van der Waals surface area contributed by atoms with E-state index in [2.05, 4.69) is 29.5 Å². The van der Waals surface area contributed by atoms with Crippen molar-refractivity contribution in [2.24, 2.45) is 0 Å². The van der Waals surface area contributed by atoms with Crippen molar-refractivity contribution in [3.05, 3.63) is 24.3 Å². The zero-order valence-electron chi connectivity index (χ0n) is 11.1. The third-order valence-corrected chi connectivity index (χ3v) is 2.25. The number of carbonyl (C=O) groups excluding carboxylic acids is 1. The van der Waals surface area contributed by atoms with Crippen molar-refractivity contribution >= 4 is 11.8 Å². The van der Waals surface area contributed by atoms with E-state index in [-0.39, 0.29) is 5.82 Å². The lowest BCUT2D eigenvalue weighted by Gasteiger charge is -2.06. The monoisotopic (exact) mass is 299 g/mol. The number of rotatable bonds is 4. The topological polar surface area (TPSA) is 86.5 Å². The Bertz CT molecular complexity index is 622. The van der Waals surface area contributed by atoms with E-state index >= 15 is 0 Å². The maximum absolute atomic E-state index is 12.6. The molecule has 7 nitrogen and oxygen atoms in total. The molecule has 2 aromatic rings. The van der Waals surface area contributed by atoms with E-state index in [9.17, 15) is 13.6 Å². The Labute approximate surface area is 117 Å². The Balaban J connectivity index is 2.10. The molecule has 0 saturated carbocycles. The first-order chi connectivity index (χ1) is 9.87. The largest absolute Gasteiger partial charge is 0.453 e. The van der Waals surface area contributed by atoms with Gasteiger partial charge >= 0.3 is 18.3 Å². The van der Waals surface area contributed by atoms with Gasteiger partial charge in [-0.2, -0.15) is 13.8 Å². The number of alkyl halides is 2. The summed E-state index contributed by atoms with van der Waals surface area (Å²) in [7, 11) is 1.24. The molecule has 2 rings (SSSR count).